The lowest BCUT2D eigenvalue weighted by atomic mass is 9.92. The lowest BCUT2D eigenvalue weighted by molar-refractivity contribution is -0.387. The van der Waals surface area contributed by atoms with Crippen molar-refractivity contribution in [1.29, 1.82) is 0 Å². The van der Waals surface area contributed by atoms with E-state index in [0.717, 1.165) is 12.2 Å². The van der Waals surface area contributed by atoms with Crippen molar-refractivity contribution >= 4 is 41.0 Å². The summed E-state index contributed by atoms with van der Waals surface area (Å²) >= 11 is 1.40. The predicted molar refractivity (Wildman–Crippen MR) is 122 cm³/mol. The van der Waals surface area contributed by atoms with E-state index < -0.39 is 28.3 Å². The molecule has 0 bridgehead atoms. The molecule has 2 aromatic carbocycles. The summed E-state index contributed by atoms with van der Waals surface area (Å²) in [7, 11) is 0. The van der Waals surface area contributed by atoms with Crippen molar-refractivity contribution in [3.05, 3.63) is 63.7 Å². The van der Waals surface area contributed by atoms with Gasteiger partial charge in [0.1, 0.15) is 5.54 Å². The van der Waals surface area contributed by atoms with Crippen molar-refractivity contribution < 1.29 is 19.3 Å². The first-order valence-corrected chi connectivity index (χ1v) is 11.1. The molecule has 3 rings (SSSR count). The number of carbonyl (C=O) groups is 3. The second-order valence-electron chi connectivity index (χ2n) is 8.04. The molecule has 0 aliphatic carbocycles. The maximum Gasteiger partial charge on any atom is 0.322 e. The van der Waals surface area contributed by atoms with E-state index in [9.17, 15) is 24.5 Å². The van der Waals surface area contributed by atoms with Crippen molar-refractivity contribution in [3.63, 3.8) is 0 Å². The van der Waals surface area contributed by atoms with E-state index in [1.807, 2.05) is 0 Å². The SMILES string of the molecule is CC(C)CCSc1ccc(C(=O)Nc2cccc(C3(C)NC(=O)NC3=O)c2)cc1[N+](=O)[O-]. The molecule has 1 atom stereocenters. The summed E-state index contributed by atoms with van der Waals surface area (Å²) in [5.41, 5.74) is -0.348. The summed E-state index contributed by atoms with van der Waals surface area (Å²) in [5.74, 6) is 0.231. The molecule has 0 spiro atoms. The van der Waals surface area contributed by atoms with E-state index in [4.69, 9.17) is 0 Å². The van der Waals surface area contributed by atoms with Gasteiger partial charge in [0.15, 0.2) is 0 Å². The Bertz CT molecular complexity index is 1090. The Kier molecular flexibility index (Phi) is 6.83. The molecule has 0 radical (unpaired) electrons. The van der Waals surface area contributed by atoms with Crippen LogP contribution < -0.4 is 16.0 Å². The number of nitrogens with one attached hydrogen (secondary N) is 3. The standard InChI is InChI=1S/C22H24N4O5S/c1-13(2)9-10-32-18-8-7-14(11-17(18)26(30)31)19(27)23-16-6-4-5-15(12-16)22(3)20(28)24-21(29)25-22/h4-8,11-13H,9-10H2,1-3H3,(H,23,27)(H2,24,25,28,29). The number of nitrogens with zero attached hydrogens (tertiary/aromatic N) is 1. The minimum atomic E-state index is -1.26. The van der Waals surface area contributed by atoms with Crippen LogP contribution in [0.5, 0.6) is 0 Å². The average molecular weight is 457 g/mol. The summed E-state index contributed by atoms with van der Waals surface area (Å²) in [5, 5.41) is 19.0. The Morgan fingerprint density at radius 1 is 1.22 bits per heavy atom. The molecule has 1 aliphatic heterocycles. The van der Waals surface area contributed by atoms with Crippen molar-refractivity contribution in [3.8, 4) is 0 Å². The van der Waals surface area contributed by atoms with Gasteiger partial charge in [0.05, 0.1) is 9.82 Å². The molecule has 0 saturated carbocycles. The minimum absolute atomic E-state index is 0.113. The van der Waals surface area contributed by atoms with Gasteiger partial charge in [-0.05, 0) is 54.8 Å². The van der Waals surface area contributed by atoms with Crippen molar-refractivity contribution in [2.24, 2.45) is 5.92 Å². The summed E-state index contributed by atoms with van der Waals surface area (Å²) in [6, 6.07) is 10.3. The molecule has 1 unspecified atom stereocenters. The lowest BCUT2D eigenvalue weighted by Crippen LogP contribution is -2.40. The van der Waals surface area contributed by atoms with Crippen LogP contribution in [0.25, 0.3) is 0 Å². The maximum atomic E-state index is 12.7. The number of hydrogen-bond donors (Lipinski definition) is 3. The molecule has 9 nitrogen and oxygen atoms in total. The number of urea groups is 1. The van der Waals surface area contributed by atoms with Crippen LogP contribution in [0.4, 0.5) is 16.2 Å². The molecule has 10 heteroatoms. The first-order chi connectivity index (χ1) is 15.1. The normalized spacial score (nSPS) is 17.8. The number of nitro groups is 1. The smallest absolute Gasteiger partial charge is 0.322 e. The average Bonchev–Trinajstić information content (AvgIpc) is 3.00. The van der Waals surface area contributed by atoms with Crippen LogP contribution in [0.1, 0.15) is 43.1 Å². The molecule has 1 aliphatic rings. The van der Waals surface area contributed by atoms with Crippen LogP contribution in [-0.4, -0.2) is 28.5 Å². The summed E-state index contributed by atoms with van der Waals surface area (Å²) in [4.78, 5) is 48.0. The number of amides is 4. The van der Waals surface area contributed by atoms with E-state index in [0.29, 0.717) is 22.1 Å². The van der Waals surface area contributed by atoms with Crippen molar-refractivity contribution in [2.75, 3.05) is 11.1 Å². The third kappa shape index (κ3) is 5.08. The van der Waals surface area contributed by atoms with Gasteiger partial charge in [0.25, 0.3) is 17.5 Å². The van der Waals surface area contributed by atoms with E-state index in [1.165, 1.54) is 17.8 Å². The Labute approximate surface area is 189 Å². The summed E-state index contributed by atoms with van der Waals surface area (Å²) < 4.78 is 0. The molecule has 1 fully saturated rings. The van der Waals surface area contributed by atoms with Crippen LogP contribution in [0, 0.1) is 16.0 Å². The highest BCUT2D eigenvalue weighted by atomic mass is 32.2. The number of imide groups is 1. The molecule has 1 saturated heterocycles. The fraction of sp³-hybridized carbons (Fsp3) is 0.318. The van der Waals surface area contributed by atoms with E-state index in [1.54, 1.807) is 43.3 Å². The largest absolute Gasteiger partial charge is 0.322 e. The quantitative estimate of drug-likeness (QED) is 0.238. The van der Waals surface area contributed by atoms with Crippen LogP contribution >= 0.6 is 11.8 Å². The zero-order valence-electron chi connectivity index (χ0n) is 17.9. The molecule has 32 heavy (non-hydrogen) atoms. The molecule has 4 amide bonds. The molecular weight excluding hydrogens is 432 g/mol. The topological polar surface area (TPSA) is 130 Å². The monoisotopic (exact) mass is 456 g/mol. The van der Waals surface area contributed by atoms with Gasteiger partial charge >= 0.3 is 6.03 Å². The van der Waals surface area contributed by atoms with Gasteiger partial charge < -0.3 is 10.6 Å². The molecule has 2 aromatic rings. The third-order valence-electron chi connectivity index (χ3n) is 5.11. The summed E-state index contributed by atoms with van der Waals surface area (Å²) in [6.45, 7) is 5.74. The van der Waals surface area contributed by atoms with Gasteiger partial charge in [-0.3, -0.25) is 25.0 Å². The number of benzene rings is 2. The minimum Gasteiger partial charge on any atom is -0.322 e. The highest BCUT2D eigenvalue weighted by molar-refractivity contribution is 7.99. The predicted octanol–water partition coefficient (Wildman–Crippen LogP) is 4.04. The lowest BCUT2D eigenvalue weighted by Gasteiger charge is -2.21. The van der Waals surface area contributed by atoms with Crippen molar-refractivity contribution in [1.82, 2.24) is 10.6 Å². The number of hydrogen-bond acceptors (Lipinski definition) is 6. The fourth-order valence-electron chi connectivity index (χ4n) is 3.19. The molecule has 168 valence electrons. The molecule has 1 heterocycles. The fourth-order valence-corrected chi connectivity index (χ4v) is 4.44. The van der Waals surface area contributed by atoms with Crippen LogP contribution in [0.2, 0.25) is 0 Å². The first-order valence-electron chi connectivity index (χ1n) is 10.1. The van der Waals surface area contributed by atoms with Gasteiger partial charge in [0.2, 0.25) is 0 Å². The van der Waals surface area contributed by atoms with Gasteiger partial charge in [-0.1, -0.05) is 26.0 Å². The zero-order valence-corrected chi connectivity index (χ0v) is 18.7. The second kappa shape index (κ2) is 9.39. The Morgan fingerprint density at radius 2 is 1.97 bits per heavy atom. The second-order valence-corrected chi connectivity index (χ2v) is 9.18. The molecule has 3 N–H and O–H groups in total. The number of carbonyl (C=O) groups excluding carboxylic acids is 3. The van der Waals surface area contributed by atoms with Crippen LogP contribution in [0.15, 0.2) is 47.4 Å². The van der Waals surface area contributed by atoms with Gasteiger partial charge in [-0.2, -0.15) is 0 Å². The Morgan fingerprint density at radius 3 is 2.59 bits per heavy atom. The van der Waals surface area contributed by atoms with Gasteiger partial charge in [-0.15, -0.1) is 11.8 Å². The van der Waals surface area contributed by atoms with E-state index >= 15 is 0 Å². The van der Waals surface area contributed by atoms with Crippen LogP contribution in [0.3, 0.4) is 0 Å². The first kappa shape index (κ1) is 23.3. The van der Waals surface area contributed by atoms with Crippen LogP contribution in [-0.2, 0) is 10.3 Å². The highest BCUT2D eigenvalue weighted by Crippen LogP contribution is 2.32. The Hall–Kier alpha value is -3.40. The van der Waals surface area contributed by atoms with Gasteiger partial charge in [-0.25, -0.2) is 4.79 Å². The highest BCUT2D eigenvalue weighted by Gasteiger charge is 2.43. The zero-order chi connectivity index (χ0) is 23.5. The molecule has 0 aromatic heterocycles. The third-order valence-corrected chi connectivity index (χ3v) is 6.21. The van der Waals surface area contributed by atoms with Gasteiger partial charge in [0, 0.05) is 17.3 Å². The van der Waals surface area contributed by atoms with E-state index in [-0.39, 0.29) is 11.3 Å². The molecular formula is C22H24N4O5S. The van der Waals surface area contributed by atoms with Crippen molar-refractivity contribution in [2.45, 2.75) is 37.6 Å². The summed E-state index contributed by atoms with van der Waals surface area (Å²) in [6.07, 6.45) is 0.928. The van der Waals surface area contributed by atoms with E-state index in [2.05, 4.69) is 29.8 Å². The number of rotatable bonds is 8. The maximum absolute atomic E-state index is 12.7. The Balaban J connectivity index is 1.79. The number of anilines is 1. The number of thioether (sulfide) groups is 1. The number of nitro benzene ring substituents is 1.